The van der Waals surface area contributed by atoms with Crippen molar-refractivity contribution in [2.45, 2.75) is 6.42 Å². The van der Waals surface area contributed by atoms with Gasteiger partial charge in [-0.25, -0.2) is 9.97 Å². The van der Waals surface area contributed by atoms with Crippen molar-refractivity contribution in [3.63, 3.8) is 0 Å². The fourth-order valence-electron chi connectivity index (χ4n) is 1.10. The van der Waals surface area contributed by atoms with Crippen LogP contribution in [-0.4, -0.2) is 22.4 Å². The quantitative estimate of drug-likeness (QED) is 0.630. The molecule has 0 aliphatic carbocycles. The Hall–Kier alpha value is -1.71. The molecule has 2 rings (SSSR count). The average molecular weight is 176 g/mol. The first-order chi connectivity index (χ1) is 6.38. The molecule has 0 bridgehead atoms. The lowest BCUT2D eigenvalue weighted by Gasteiger charge is -1.99. The van der Waals surface area contributed by atoms with Crippen LogP contribution >= 0.6 is 0 Å². The molecule has 1 aromatic heterocycles. The van der Waals surface area contributed by atoms with Gasteiger partial charge in [-0.1, -0.05) is 0 Å². The van der Waals surface area contributed by atoms with Crippen LogP contribution in [0.25, 0.3) is 0 Å². The molecular formula is C9H8N2O2. The molecule has 0 aromatic carbocycles. The normalized spacial score (nSPS) is 14.9. The topological polar surface area (TPSA) is 52.1 Å². The number of ketones is 1. The van der Waals surface area contributed by atoms with Crippen LogP contribution < -0.4 is 0 Å². The Morgan fingerprint density at radius 3 is 2.77 bits per heavy atom. The van der Waals surface area contributed by atoms with Gasteiger partial charge in [-0.15, -0.1) is 0 Å². The third-order valence-corrected chi connectivity index (χ3v) is 1.70. The number of hydrogen-bond acceptors (Lipinski definition) is 4. The van der Waals surface area contributed by atoms with Crippen molar-refractivity contribution >= 4 is 5.78 Å². The molecule has 0 amide bonds. The zero-order valence-corrected chi connectivity index (χ0v) is 6.93. The maximum absolute atomic E-state index is 11.5. The summed E-state index contributed by atoms with van der Waals surface area (Å²) in [5.41, 5.74) is 0. The summed E-state index contributed by atoms with van der Waals surface area (Å²) >= 11 is 0. The van der Waals surface area contributed by atoms with Gasteiger partial charge in [-0.3, -0.25) is 4.79 Å². The largest absolute Gasteiger partial charge is 0.489 e. The number of ether oxygens (including phenoxy) is 1. The number of carbonyl (C=O) groups is 1. The van der Waals surface area contributed by atoms with Gasteiger partial charge < -0.3 is 4.74 Å². The van der Waals surface area contributed by atoms with Gasteiger partial charge >= 0.3 is 0 Å². The van der Waals surface area contributed by atoms with Crippen molar-refractivity contribution < 1.29 is 9.53 Å². The number of nitrogens with zero attached hydrogens (tertiary/aromatic N) is 2. The van der Waals surface area contributed by atoms with E-state index in [-0.39, 0.29) is 11.6 Å². The monoisotopic (exact) mass is 176 g/mol. The minimum Gasteiger partial charge on any atom is -0.489 e. The standard InChI is InChI=1S/C9H8N2O2/c12-8(7-3-1-6-13-7)9-10-4-2-5-11-9/h2-5H,1,6H2. The molecule has 1 aliphatic rings. The lowest BCUT2D eigenvalue weighted by atomic mass is 10.3. The molecule has 0 atom stereocenters. The third-order valence-electron chi connectivity index (χ3n) is 1.70. The molecule has 2 heterocycles. The maximum atomic E-state index is 11.5. The molecule has 4 nitrogen and oxygen atoms in total. The van der Waals surface area contributed by atoms with E-state index in [1.165, 1.54) is 12.4 Å². The molecule has 1 aliphatic heterocycles. The van der Waals surface area contributed by atoms with E-state index in [0.717, 1.165) is 6.42 Å². The van der Waals surface area contributed by atoms with Crippen LogP contribution in [0.4, 0.5) is 0 Å². The van der Waals surface area contributed by atoms with Gasteiger partial charge in [0.25, 0.3) is 5.78 Å². The SMILES string of the molecule is O=C(C1=CCCO1)c1ncccn1. The van der Waals surface area contributed by atoms with Crippen LogP contribution in [0.3, 0.4) is 0 Å². The zero-order chi connectivity index (χ0) is 9.10. The van der Waals surface area contributed by atoms with E-state index in [0.29, 0.717) is 12.4 Å². The second-order valence-electron chi connectivity index (χ2n) is 2.61. The van der Waals surface area contributed by atoms with Crippen molar-refractivity contribution in [3.8, 4) is 0 Å². The smallest absolute Gasteiger partial charge is 0.264 e. The van der Waals surface area contributed by atoms with E-state index < -0.39 is 0 Å². The number of Topliss-reactive ketones (excluding diaryl/α,β-unsaturated/α-hetero) is 1. The number of rotatable bonds is 2. The van der Waals surface area contributed by atoms with E-state index in [1.54, 1.807) is 12.1 Å². The summed E-state index contributed by atoms with van der Waals surface area (Å²) in [5, 5.41) is 0. The summed E-state index contributed by atoms with van der Waals surface area (Å²) in [6, 6.07) is 1.67. The highest BCUT2D eigenvalue weighted by Gasteiger charge is 2.18. The fraction of sp³-hybridized carbons (Fsp3) is 0.222. The van der Waals surface area contributed by atoms with Crippen LogP contribution in [0.1, 0.15) is 17.0 Å². The maximum Gasteiger partial charge on any atom is 0.264 e. The molecule has 13 heavy (non-hydrogen) atoms. The van der Waals surface area contributed by atoms with E-state index in [2.05, 4.69) is 9.97 Å². The van der Waals surface area contributed by atoms with Crippen molar-refractivity contribution in [2.24, 2.45) is 0 Å². The van der Waals surface area contributed by atoms with Gasteiger partial charge in [-0.2, -0.15) is 0 Å². The third kappa shape index (κ3) is 1.56. The zero-order valence-electron chi connectivity index (χ0n) is 6.93. The Kier molecular flexibility index (Phi) is 2.04. The molecule has 0 fully saturated rings. The van der Waals surface area contributed by atoms with Gasteiger partial charge in [-0.05, 0) is 12.1 Å². The second kappa shape index (κ2) is 3.35. The molecule has 4 heteroatoms. The molecular weight excluding hydrogens is 168 g/mol. The first-order valence-corrected chi connectivity index (χ1v) is 4.02. The Morgan fingerprint density at radius 2 is 2.15 bits per heavy atom. The molecule has 0 N–H and O–H groups in total. The predicted molar refractivity (Wildman–Crippen MR) is 45.0 cm³/mol. The molecule has 0 saturated carbocycles. The highest BCUT2D eigenvalue weighted by molar-refractivity contribution is 6.04. The Balaban J connectivity index is 2.23. The summed E-state index contributed by atoms with van der Waals surface area (Å²) in [6.07, 6.45) is 5.62. The van der Waals surface area contributed by atoms with Crippen molar-refractivity contribution in [2.75, 3.05) is 6.61 Å². The average Bonchev–Trinajstić information content (AvgIpc) is 2.71. The van der Waals surface area contributed by atoms with Crippen molar-refractivity contribution in [1.82, 2.24) is 9.97 Å². The Morgan fingerprint density at radius 1 is 1.38 bits per heavy atom. The molecule has 66 valence electrons. The van der Waals surface area contributed by atoms with Gasteiger partial charge in [0.05, 0.1) is 6.61 Å². The minimum absolute atomic E-state index is 0.190. The molecule has 0 spiro atoms. The number of carbonyl (C=O) groups excluding carboxylic acids is 1. The first kappa shape index (κ1) is 7.91. The van der Waals surface area contributed by atoms with Crippen molar-refractivity contribution in [1.29, 1.82) is 0 Å². The van der Waals surface area contributed by atoms with Gasteiger partial charge in [0, 0.05) is 18.8 Å². The van der Waals surface area contributed by atoms with Crippen molar-refractivity contribution in [3.05, 3.63) is 36.1 Å². The Labute approximate surface area is 75.3 Å². The molecule has 0 saturated heterocycles. The summed E-state index contributed by atoms with van der Waals surface area (Å²) in [4.78, 5) is 19.2. The van der Waals surface area contributed by atoms with E-state index in [9.17, 15) is 4.79 Å². The van der Waals surface area contributed by atoms with Gasteiger partial charge in [0.1, 0.15) is 0 Å². The van der Waals surface area contributed by atoms with Gasteiger partial charge in [0.2, 0.25) is 5.82 Å². The molecule has 1 aromatic rings. The van der Waals surface area contributed by atoms with Crippen LogP contribution in [0.15, 0.2) is 30.3 Å². The molecule has 0 radical (unpaired) electrons. The van der Waals surface area contributed by atoms with E-state index in [1.807, 2.05) is 0 Å². The van der Waals surface area contributed by atoms with E-state index in [4.69, 9.17) is 4.74 Å². The van der Waals surface area contributed by atoms with Gasteiger partial charge in [0.15, 0.2) is 5.76 Å². The number of hydrogen-bond donors (Lipinski definition) is 0. The predicted octanol–water partition coefficient (Wildman–Crippen LogP) is 0.964. The minimum atomic E-state index is -0.238. The number of aromatic nitrogens is 2. The lowest BCUT2D eigenvalue weighted by Crippen LogP contribution is -2.08. The molecule has 0 unspecified atom stereocenters. The van der Waals surface area contributed by atoms with Crippen LogP contribution in [0.2, 0.25) is 0 Å². The summed E-state index contributed by atoms with van der Waals surface area (Å²) < 4.78 is 5.10. The summed E-state index contributed by atoms with van der Waals surface area (Å²) in [7, 11) is 0. The lowest BCUT2D eigenvalue weighted by molar-refractivity contribution is 0.0932. The summed E-state index contributed by atoms with van der Waals surface area (Å²) in [5.74, 6) is 0.319. The van der Waals surface area contributed by atoms with E-state index >= 15 is 0 Å². The first-order valence-electron chi connectivity index (χ1n) is 4.02. The summed E-state index contributed by atoms with van der Waals surface area (Å²) in [6.45, 7) is 0.577. The highest BCUT2D eigenvalue weighted by atomic mass is 16.5. The van der Waals surface area contributed by atoms with Crippen LogP contribution in [0, 0.1) is 0 Å². The van der Waals surface area contributed by atoms with Crippen LogP contribution in [0.5, 0.6) is 0 Å². The number of allylic oxidation sites excluding steroid dienone is 1. The Bertz CT molecular complexity index is 346. The fourth-order valence-corrected chi connectivity index (χ4v) is 1.10. The van der Waals surface area contributed by atoms with Crippen LogP contribution in [-0.2, 0) is 4.74 Å². The highest BCUT2D eigenvalue weighted by Crippen LogP contribution is 2.12. The second-order valence-corrected chi connectivity index (χ2v) is 2.61.